The molecule has 0 saturated carbocycles. The van der Waals surface area contributed by atoms with Gasteiger partial charge in [0, 0.05) is 30.2 Å². The summed E-state index contributed by atoms with van der Waals surface area (Å²) in [5.74, 6) is 3.43. The first-order chi connectivity index (χ1) is 9.86. The minimum absolute atomic E-state index is 0.665. The zero-order chi connectivity index (χ0) is 13.8. The highest BCUT2D eigenvalue weighted by Crippen LogP contribution is 2.23. The predicted octanol–water partition coefficient (Wildman–Crippen LogP) is 3.23. The summed E-state index contributed by atoms with van der Waals surface area (Å²) in [6.45, 7) is 0.917. The second kappa shape index (κ2) is 6.46. The molecule has 3 rings (SSSR count). The Hall–Kier alpha value is -1.26. The van der Waals surface area contributed by atoms with Crippen LogP contribution in [0.15, 0.2) is 30.5 Å². The van der Waals surface area contributed by atoms with Crippen LogP contribution in [-0.2, 0) is 6.54 Å². The van der Waals surface area contributed by atoms with Crippen molar-refractivity contribution in [3.05, 3.63) is 36.0 Å². The molecule has 2 aromatic rings. The summed E-state index contributed by atoms with van der Waals surface area (Å²) in [5.41, 5.74) is 2.32. The zero-order valence-corrected chi connectivity index (χ0v) is 12.6. The van der Waals surface area contributed by atoms with Gasteiger partial charge in [0.05, 0.1) is 12.6 Å². The first kappa shape index (κ1) is 13.7. The Bertz CT molecular complexity index is 582. The largest absolute Gasteiger partial charge is 0.497 e. The van der Waals surface area contributed by atoms with Crippen LogP contribution in [0.1, 0.15) is 18.4 Å². The van der Waals surface area contributed by atoms with E-state index in [1.165, 1.54) is 35.3 Å². The highest BCUT2D eigenvalue weighted by Gasteiger charge is 2.13. The molecule has 3 nitrogen and oxygen atoms in total. The van der Waals surface area contributed by atoms with Crippen LogP contribution in [0.3, 0.4) is 0 Å². The lowest BCUT2D eigenvalue weighted by Crippen LogP contribution is -2.32. The molecule has 0 amide bonds. The summed E-state index contributed by atoms with van der Waals surface area (Å²) in [4.78, 5) is 4.43. The molecule has 1 N–H and O–H groups in total. The van der Waals surface area contributed by atoms with E-state index in [0.717, 1.165) is 17.8 Å². The average Bonchev–Trinajstić information content (AvgIpc) is 2.53. The smallest absolute Gasteiger partial charge is 0.121 e. The van der Waals surface area contributed by atoms with Crippen molar-refractivity contribution in [1.82, 2.24) is 10.3 Å². The number of nitrogens with zero attached hydrogens (tertiary/aromatic N) is 1. The van der Waals surface area contributed by atoms with E-state index in [2.05, 4.69) is 34.2 Å². The number of thioether (sulfide) groups is 1. The fraction of sp³-hybridized carbons (Fsp3) is 0.438. The highest BCUT2D eigenvalue weighted by atomic mass is 32.2. The molecular weight excluding hydrogens is 268 g/mol. The fourth-order valence-corrected chi connectivity index (χ4v) is 3.73. The Labute approximate surface area is 124 Å². The van der Waals surface area contributed by atoms with E-state index in [1.807, 2.05) is 18.3 Å². The summed E-state index contributed by atoms with van der Waals surface area (Å²) in [6, 6.07) is 8.88. The minimum Gasteiger partial charge on any atom is -0.497 e. The summed E-state index contributed by atoms with van der Waals surface area (Å²) in [6.07, 6.45) is 4.44. The SMILES string of the molecule is COc1ccc2c(CNC3CCSCC3)ccnc2c1. The van der Waals surface area contributed by atoms with Crippen molar-refractivity contribution in [3.63, 3.8) is 0 Å². The predicted molar refractivity (Wildman–Crippen MR) is 85.5 cm³/mol. The summed E-state index contributed by atoms with van der Waals surface area (Å²) in [7, 11) is 1.69. The minimum atomic E-state index is 0.665. The van der Waals surface area contributed by atoms with Gasteiger partial charge in [-0.25, -0.2) is 0 Å². The lowest BCUT2D eigenvalue weighted by atomic mass is 10.1. The van der Waals surface area contributed by atoms with E-state index in [0.29, 0.717) is 6.04 Å². The third kappa shape index (κ3) is 3.07. The number of nitrogens with one attached hydrogen (secondary N) is 1. The highest BCUT2D eigenvalue weighted by molar-refractivity contribution is 7.99. The van der Waals surface area contributed by atoms with E-state index in [4.69, 9.17) is 4.74 Å². The number of aromatic nitrogens is 1. The molecule has 1 aliphatic heterocycles. The van der Waals surface area contributed by atoms with Gasteiger partial charge in [0.15, 0.2) is 0 Å². The molecule has 1 aromatic heterocycles. The van der Waals surface area contributed by atoms with Crippen LogP contribution >= 0.6 is 11.8 Å². The van der Waals surface area contributed by atoms with Gasteiger partial charge in [0.2, 0.25) is 0 Å². The quantitative estimate of drug-likeness (QED) is 0.936. The number of fused-ring (bicyclic) bond motifs is 1. The van der Waals surface area contributed by atoms with Crippen molar-refractivity contribution in [2.24, 2.45) is 0 Å². The van der Waals surface area contributed by atoms with Crippen molar-refractivity contribution in [1.29, 1.82) is 0 Å². The lowest BCUT2D eigenvalue weighted by molar-refractivity contribution is 0.415. The Morgan fingerprint density at radius 3 is 2.95 bits per heavy atom. The van der Waals surface area contributed by atoms with Crippen LogP contribution in [0.2, 0.25) is 0 Å². The Morgan fingerprint density at radius 2 is 2.15 bits per heavy atom. The van der Waals surface area contributed by atoms with Crippen molar-refractivity contribution < 1.29 is 4.74 Å². The molecule has 0 atom stereocenters. The second-order valence-electron chi connectivity index (χ2n) is 5.12. The molecule has 0 bridgehead atoms. The van der Waals surface area contributed by atoms with Crippen LogP contribution in [0.4, 0.5) is 0 Å². The number of ether oxygens (including phenoxy) is 1. The Balaban J connectivity index is 1.76. The maximum atomic E-state index is 5.26. The maximum Gasteiger partial charge on any atom is 0.121 e. The van der Waals surface area contributed by atoms with Crippen molar-refractivity contribution in [3.8, 4) is 5.75 Å². The molecule has 20 heavy (non-hydrogen) atoms. The lowest BCUT2D eigenvalue weighted by Gasteiger charge is -2.23. The average molecular weight is 288 g/mol. The van der Waals surface area contributed by atoms with Crippen LogP contribution < -0.4 is 10.1 Å². The van der Waals surface area contributed by atoms with Gasteiger partial charge in [0.25, 0.3) is 0 Å². The number of hydrogen-bond acceptors (Lipinski definition) is 4. The van der Waals surface area contributed by atoms with Crippen LogP contribution in [-0.4, -0.2) is 29.6 Å². The van der Waals surface area contributed by atoms with Crippen LogP contribution in [0, 0.1) is 0 Å². The number of benzene rings is 1. The number of pyridine rings is 1. The monoisotopic (exact) mass is 288 g/mol. The number of methoxy groups -OCH3 is 1. The second-order valence-corrected chi connectivity index (χ2v) is 6.35. The summed E-state index contributed by atoms with van der Waals surface area (Å²) >= 11 is 2.06. The zero-order valence-electron chi connectivity index (χ0n) is 11.8. The fourth-order valence-electron chi connectivity index (χ4n) is 2.62. The molecule has 1 aromatic carbocycles. The molecule has 4 heteroatoms. The number of hydrogen-bond donors (Lipinski definition) is 1. The first-order valence-electron chi connectivity index (χ1n) is 7.09. The molecule has 0 unspecified atom stereocenters. The topological polar surface area (TPSA) is 34.1 Å². The summed E-state index contributed by atoms with van der Waals surface area (Å²) < 4.78 is 5.26. The first-order valence-corrected chi connectivity index (χ1v) is 8.25. The van der Waals surface area contributed by atoms with Crippen molar-refractivity contribution in [2.45, 2.75) is 25.4 Å². The van der Waals surface area contributed by atoms with Gasteiger partial charge in [-0.15, -0.1) is 0 Å². The van der Waals surface area contributed by atoms with E-state index < -0.39 is 0 Å². The third-order valence-electron chi connectivity index (χ3n) is 3.84. The van der Waals surface area contributed by atoms with E-state index >= 15 is 0 Å². The van der Waals surface area contributed by atoms with E-state index in [1.54, 1.807) is 7.11 Å². The van der Waals surface area contributed by atoms with Gasteiger partial charge in [0.1, 0.15) is 5.75 Å². The van der Waals surface area contributed by atoms with Crippen LogP contribution in [0.5, 0.6) is 5.75 Å². The van der Waals surface area contributed by atoms with Gasteiger partial charge < -0.3 is 10.1 Å². The molecule has 2 heterocycles. The Morgan fingerprint density at radius 1 is 1.30 bits per heavy atom. The molecule has 1 saturated heterocycles. The summed E-state index contributed by atoms with van der Waals surface area (Å²) in [5, 5.41) is 4.90. The Kier molecular flexibility index (Phi) is 4.43. The molecule has 1 fully saturated rings. The van der Waals surface area contributed by atoms with Gasteiger partial charge in [-0.3, -0.25) is 4.98 Å². The molecular formula is C16H20N2OS. The van der Waals surface area contributed by atoms with Crippen molar-refractivity contribution in [2.75, 3.05) is 18.6 Å². The number of rotatable bonds is 4. The molecule has 0 radical (unpaired) electrons. The van der Waals surface area contributed by atoms with Crippen molar-refractivity contribution >= 4 is 22.7 Å². The van der Waals surface area contributed by atoms with Gasteiger partial charge in [-0.05, 0) is 48.1 Å². The maximum absolute atomic E-state index is 5.26. The van der Waals surface area contributed by atoms with E-state index in [-0.39, 0.29) is 0 Å². The molecule has 106 valence electrons. The van der Waals surface area contributed by atoms with Gasteiger partial charge in [-0.2, -0.15) is 11.8 Å². The van der Waals surface area contributed by atoms with Gasteiger partial charge >= 0.3 is 0 Å². The van der Waals surface area contributed by atoms with E-state index in [9.17, 15) is 0 Å². The third-order valence-corrected chi connectivity index (χ3v) is 4.89. The molecule has 1 aliphatic rings. The molecule has 0 spiro atoms. The molecule has 0 aliphatic carbocycles. The normalized spacial score (nSPS) is 16.4. The van der Waals surface area contributed by atoms with Gasteiger partial charge in [-0.1, -0.05) is 0 Å². The standard InChI is InChI=1S/C16H20N2OS/c1-19-14-2-3-15-12(4-7-17-16(15)10-14)11-18-13-5-8-20-9-6-13/h2-4,7,10,13,18H,5-6,8-9,11H2,1H3. The van der Waals surface area contributed by atoms with Crippen LogP contribution in [0.25, 0.3) is 10.9 Å².